The average Bonchev–Trinajstić information content (AvgIpc) is 2.79. The highest BCUT2D eigenvalue weighted by atomic mass is 16.6. The van der Waals surface area contributed by atoms with Crippen molar-refractivity contribution < 1.29 is 9.72 Å². The Kier molecular flexibility index (Phi) is 3.51. The molecule has 0 saturated heterocycles. The molecule has 1 heterocycles. The summed E-state index contributed by atoms with van der Waals surface area (Å²) < 4.78 is 1.50. The second-order valence-corrected chi connectivity index (χ2v) is 4.46. The second kappa shape index (κ2) is 5.07. The van der Waals surface area contributed by atoms with Crippen LogP contribution < -0.4 is 0 Å². The van der Waals surface area contributed by atoms with Crippen molar-refractivity contribution in [1.82, 2.24) is 9.55 Å². The maximum absolute atomic E-state index is 11.9. The Bertz CT molecular complexity index is 421. The number of hydrogen-bond donors (Lipinski definition) is 0. The highest BCUT2D eigenvalue weighted by molar-refractivity contribution is 5.80. The van der Waals surface area contributed by atoms with Crippen molar-refractivity contribution >= 4 is 11.6 Å². The molecule has 1 aliphatic carbocycles. The largest absolute Gasteiger partial charge is 0.381 e. The number of hydrogen-bond acceptors (Lipinski definition) is 4. The first-order chi connectivity index (χ1) is 8.16. The summed E-state index contributed by atoms with van der Waals surface area (Å²) in [4.78, 5) is 25.4. The quantitative estimate of drug-likeness (QED) is 0.592. The molecule has 0 bridgehead atoms. The van der Waals surface area contributed by atoms with Gasteiger partial charge in [-0.2, -0.15) is 0 Å². The van der Waals surface area contributed by atoms with Crippen molar-refractivity contribution in [1.29, 1.82) is 0 Å². The van der Waals surface area contributed by atoms with Gasteiger partial charge in [-0.05, 0) is 22.7 Å². The fraction of sp³-hybridized carbons (Fsp3) is 0.636. The summed E-state index contributed by atoms with van der Waals surface area (Å²) in [5, 5.41) is 10.4. The number of carbonyl (C=O) groups is 1. The number of nitrogens with zero attached hydrogens (tertiary/aromatic N) is 3. The molecule has 0 N–H and O–H groups in total. The third-order valence-corrected chi connectivity index (χ3v) is 3.21. The van der Waals surface area contributed by atoms with Crippen molar-refractivity contribution in [2.24, 2.45) is 5.92 Å². The van der Waals surface area contributed by atoms with Crippen molar-refractivity contribution in [3.05, 3.63) is 22.6 Å². The Morgan fingerprint density at radius 1 is 1.47 bits per heavy atom. The van der Waals surface area contributed by atoms with Crippen LogP contribution in [-0.4, -0.2) is 20.3 Å². The van der Waals surface area contributed by atoms with Gasteiger partial charge in [0, 0.05) is 5.92 Å². The zero-order valence-electron chi connectivity index (χ0n) is 9.54. The van der Waals surface area contributed by atoms with E-state index in [1.165, 1.54) is 23.5 Å². The maximum atomic E-state index is 11.9. The lowest BCUT2D eigenvalue weighted by Gasteiger charge is -2.19. The second-order valence-electron chi connectivity index (χ2n) is 4.46. The van der Waals surface area contributed by atoms with Gasteiger partial charge in [0.05, 0.1) is 6.54 Å². The number of Topliss-reactive ketones (excluding diaryl/α,β-unsaturated/α-hetero) is 1. The van der Waals surface area contributed by atoms with Crippen LogP contribution in [0.3, 0.4) is 0 Å². The topological polar surface area (TPSA) is 78.0 Å². The molecule has 0 atom stereocenters. The van der Waals surface area contributed by atoms with E-state index in [0.29, 0.717) is 0 Å². The number of nitro groups is 1. The van der Waals surface area contributed by atoms with Gasteiger partial charge < -0.3 is 14.7 Å². The van der Waals surface area contributed by atoms with Gasteiger partial charge in [0.2, 0.25) is 6.33 Å². The molecule has 0 aromatic carbocycles. The molecule has 17 heavy (non-hydrogen) atoms. The van der Waals surface area contributed by atoms with Crippen molar-refractivity contribution in [2.45, 2.75) is 38.6 Å². The fourth-order valence-corrected chi connectivity index (χ4v) is 2.26. The maximum Gasteiger partial charge on any atom is 0.381 e. The van der Waals surface area contributed by atoms with Crippen LogP contribution >= 0.6 is 0 Å². The molecular weight excluding hydrogens is 222 g/mol. The van der Waals surface area contributed by atoms with Crippen molar-refractivity contribution in [3.8, 4) is 0 Å². The van der Waals surface area contributed by atoms with E-state index in [2.05, 4.69) is 4.98 Å². The highest BCUT2D eigenvalue weighted by Gasteiger charge is 2.22. The number of imidazole rings is 1. The van der Waals surface area contributed by atoms with E-state index in [1.54, 1.807) is 0 Å². The summed E-state index contributed by atoms with van der Waals surface area (Å²) in [6.45, 7) is 0.200. The minimum absolute atomic E-state index is 0.130. The SMILES string of the molecule is O=C(Cn1cnc([N+](=O)[O-])c1)C1CCCCC1. The van der Waals surface area contributed by atoms with Gasteiger partial charge >= 0.3 is 5.82 Å². The number of ketones is 1. The van der Waals surface area contributed by atoms with Crippen LogP contribution in [0.5, 0.6) is 0 Å². The van der Waals surface area contributed by atoms with Gasteiger partial charge in [0.25, 0.3) is 0 Å². The highest BCUT2D eigenvalue weighted by Crippen LogP contribution is 2.24. The van der Waals surface area contributed by atoms with Crippen LogP contribution in [0.1, 0.15) is 32.1 Å². The Labute approximate surface area is 98.8 Å². The Morgan fingerprint density at radius 3 is 2.76 bits per heavy atom. The minimum Gasteiger partial charge on any atom is -0.358 e. The molecular formula is C11H15N3O3. The van der Waals surface area contributed by atoms with E-state index in [1.807, 2.05) is 0 Å². The molecule has 1 fully saturated rings. The molecule has 1 aliphatic rings. The fourth-order valence-electron chi connectivity index (χ4n) is 2.26. The normalized spacial score (nSPS) is 16.9. The van der Waals surface area contributed by atoms with Crippen LogP contribution in [0.4, 0.5) is 5.82 Å². The van der Waals surface area contributed by atoms with Gasteiger partial charge in [-0.3, -0.25) is 4.79 Å². The molecule has 0 amide bonds. The van der Waals surface area contributed by atoms with Gasteiger partial charge in [0.1, 0.15) is 6.20 Å². The Morgan fingerprint density at radius 2 is 2.18 bits per heavy atom. The molecule has 0 spiro atoms. The van der Waals surface area contributed by atoms with Gasteiger partial charge in [-0.1, -0.05) is 19.3 Å². The summed E-state index contributed by atoms with van der Waals surface area (Å²) in [5.74, 6) is 0.0867. The van der Waals surface area contributed by atoms with Crippen LogP contribution in [-0.2, 0) is 11.3 Å². The molecule has 2 rings (SSSR count). The minimum atomic E-state index is -0.554. The predicted molar refractivity (Wildman–Crippen MR) is 60.5 cm³/mol. The lowest BCUT2D eigenvalue weighted by atomic mass is 9.86. The van der Waals surface area contributed by atoms with E-state index in [0.717, 1.165) is 25.7 Å². The van der Waals surface area contributed by atoms with E-state index in [9.17, 15) is 14.9 Å². The van der Waals surface area contributed by atoms with E-state index >= 15 is 0 Å². The predicted octanol–water partition coefficient (Wildman–Crippen LogP) is 1.94. The molecule has 1 aromatic rings. The zero-order valence-corrected chi connectivity index (χ0v) is 9.54. The van der Waals surface area contributed by atoms with E-state index < -0.39 is 4.92 Å². The number of carbonyl (C=O) groups excluding carboxylic acids is 1. The molecule has 92 valence electrons. The molecule has 1 saturated carbocycles. The van der Waals surface area contributed by atoms with Gasteiger partial charge in [-0.25, -0.2) is 0 Å². The van der Waals surface area contributed by atoms with E-state index in [-0.39, 0.29) is 24.1 Å². The first-order valence-electron chi connectivity index (χ1n) is 5.85. The molecule has 6 nitrogen and oxygen atoms in total. The van der Waals surface area contributed by atoms with Crippen molar-refractivity contribution in [3.63, 3.8) is 0 Å². The first kappa shape index (κ1) is 11.8. The number of aromatic nitrogens is 2. The van der Waals surface area contributed by atoms with Crippen LogP contribution in [0.25, 0.3) is 0 Å². The third-order valence-electron chi connectivity index (χ3n) is 3.21. The zero-order chi connectivity index (χ0) is 12.3. The molecule has 6 heteroatoms. The van der Waals surface area contributed by atoms with Gasteiger partial charge in [0.15, 0.2) is 5.78 Å². The number of rotatable bonds is 4. The molecule has 0 aliphatic heterocycles. The summed E-state index contributed by atoms with van der Waals surface area (Å²) in [6.07, 6.45) is 7.99. The molecule has 0 unspecified atom stereocenters. The Hall–Kier alpha value is -1.72. The van der Waals surface area contributed by atoms with Gasteiger partial charge in [-0.15, -0.1) is 0 Å². The average molecular weight is 237 g/mol. The monoisotopic (exact) mass is 237 g/mol. The van der Waals surface area contributed by atoms with Crippen molar-refractivity contribution in [2.75, 3.05) is 0 Å². The van der Waals surface area contributed by atoms with Crippen LogP contribution in [0.2, 0.25) is 0 Å². The van der Waals surface area contributed by atoms with Crippen LogP contribution in [0, 0.1) is 16.0 Å². The molecule has 1 aromatic heterocycles. The standard InChI is InChI=1S/C11H15N3O3/c15-10(9-4-2-1-3-5-9)6-13-7-11(12-8-13)14(16)17/h7-9H,1-6H2. The third kappa shape index (κ3) is 2.89. The van der Waals surface area contributed by atoms with Crippen LogP contribution in [0.15, 0.2) is 12.5 Å². The lowest BCUT2D eigenvalue weighted by Crippen LogP contribution is -2.21. The lowest BCUT2D eigenvalue weighted by molar-refractivity contribution is -0.389. The van der Waals surface area contributed by atoms with E-state index in [4.69, 9.17) is 0 Å². The Balaban J connectivity index is 1.94. The summed E-state index contributed by atoms with van der Waals surface area (Å²) in [7, 11) is 0. The smallest absolute Gasteiger partial charge is 0.358 e. The summed E-state index contributed by atoms with van der Waals surface area (Å²) >= 11 is 0. The summed E-state index contributed by atoms with van der Waals surface area (Å²) in [5.41, 5.74) is 0. The summed E-state index contributed by atoms with van der Waals surface area (Å²) in [6, 6.07) is 0. The first-order valence-corrected chi connectivity index (χ1v) is 5.85. The molecule has 0 radical (unpaired) electrons.